The minimum Gasteiger partial charge on any atom is -0.465 e. The van der Waals surface area contributed by atoms with Gasteiger partial charge >= 0.3 is 6.09 Å². The Morgan fingerprint density at radius 2 is 1.76 bits per heavy atom. The topological polar surface area (TPSA) is 43.8 Å². The van der Waals surface area contributed by atoms with E-state index in [-0.39, 0.29) is 11.9 Å². The maximum absolute atomic E-state index is 14.6. The number of piperidine rings is 3. The zero-order chi connectivity index (χ0) is 20.8. The quantitative estimate of drug-likeness (QED) is 0.791. The molecule has 3 aliphatic rings. The van der Waals surface area contributed by atoms with E-state index in [0.29, 0.717) is 17.0 Å². The molecule has 29 heavy (non-hydrogen) atoms. The molecular formula is C23H26F2N2O2. The molecule has 6 heteroatoms. The van der Waals surface area contributed by atoms with Crippen LogP contribution in [0.15, 0.2) is 42.5 Å². The number of halogens is 2. The van der Waals surface area contributed by atoms with E-state index in [4.69, 9.17) is 0 Å². The second-order valence-corrected chi connectivity index (χ2v) is 8.62. The number of rotatable bonds is 4. The lowest BCUT2D eigenvalue weighted by Crippen LogP contribution is -2.62. The molecule has 0 radical (unpaired) electrons. The molecule has 3 heterocycles. The molecule has 0 saturated carbocycles. The summed E-state index contributed by atoms with van der Waals surface area (Å²) in [5.41, 5.74) is 0.788. The fourth-order valence-corrected chi connectivity index (χ4v) is 4.92. The van der Waals surface area contributed by atoms with Gasteiger partial charge in [0.2, 0.25) is 0 Å². The van der Waals surface area contributed by atoms with Crippen LogP contribution in [0.5, 0.6) is 0 Å². The molecule has 4 nitrogen and oxygen atoms in total. The highest BCUT2D eigenvalue weighted by Crippen LogP contribution is 2.39. The SMILES string of the molecule is CC(C)(c1ccc(F)c(-c2ccc(F)cc2)c1)N(C(=O)O)C1CN2CCC1CC2. The first-order valence-electron chi connectivity index (χ1n) is 10.1. The normalized spacial score (nSPS) is 23.8. The van der Waals surface area contributed by atoms with Crippen LogP contribution in [0.3, 0.4) is 0 Å². The van der Waals surface area contributed by atoms with Crippen molar-refractivity contribution in [2.45, 2.75) is 38.3 Å². The summed E-state index contributed by atoms with van der Waals surface area (Å²) in [7, 11) is 0. The average molecular weight is 400 g/mol. The summed E-state index contributed by atoms with van der Waals surface area (Å²) in [6, 6.07) is 10.3. The Labute approximate surface area is 169 Å². The molecule has 3 aliphatic heterocycles. The molecule has 2 bridgehead atoms. The van der Waals surface area contributed by atoms with Crippen LogP contribution in [0, 0.1) is 17.6 Å². The maximum atomic E-state index is 14.6. The standard InChI is InChI=1S/C23H26F2N2O2/c1-23(2,27(22(28)29)21-14-26-11-9-16(21)10-12-26)17-5-8-20(25)19(13-17)15-3-6-18(24)7-4-15/h3-8,13,16,21H,9-12,14H2,1-2H3,(H,28,29). The molecule has 1 unspecified atom stereocenters. The summed E-state index contributed by atoms with van der Waals surface area (Å²) < 4.78 is 27.8. The van der Waals surface area contributed by atoms with Gasteiger partial charge in [-0.1, -0.05) is 18.2 Å². The predicted octanol–water partition coefficient (Wildman–Crippen LogP) is 4.94. The molecule has 1 amide bonds. The Balaban J connectivity index is 1.72. The summed E-state index contributed by atoms with van der Waals surface area (Å²) in [6.07, 6.45) is 1.06. The van der Waals surface area contributed by atoms with Gasteiger partial charge in [0.05, 0.1) is 11.6 Å². The fraction of sp³-hybridized carbons (Fsp3) is 0.435. The lowest BCUT2D eigenvalue weighted by molar-refractivity contribution is -0.0289. The van der Waals surface area contributed by atoms with Crippen molar-refractivity contribution >= 4 is 6.09 Å². The summed E-state index contributed by atoms with van der Waals surface area (Å²) in [4.78, 5) is 16.2. The van der Waals surface area contributed by atoms with Crippen LogP contribution in [0.2, 0.25) is 0 Å². The molecule has 5 rings (SSSR count). The van der Waals surface area contributed by atoms with Gasteiger partial charge in [-0.25, -0.2) is 13.6 Å². The van der Waals surface area contributed by atoms with Crippen LogP contribution in [-0.2, 0) is 5.54 Å². The van der Waals surface area contributed by atoms with E-state index >= 15 is 0 Å². The van der Waals surface area contributed by atoms with Crippen molar-refractivity contribution in [3.05, 3.63) is 59.7 Å². The Bertz CT molecular complexity index is 906. The lowest BCUT2D eigenvalue weighted by Gasteiger charge is -2.52. The van der Waals surface area contributed by atoms with Crippen LogP contribution in [-0.4, -0.2) is 46.7 Å². The molecule has 1 N–H and O–H groups in total. The highest BCUT2D eigenvalue weighted by molar-refractivity contribution is 5.69. The number of fused-ring (bicyclic) bond motifs is 3. The van der Waals surface area contributed by atoms with Gasteiger partial charge in [0.15, 0.2) is 0 Å². The van der Waals surface area contributed by atoms with Gasteiger partial charge in [0, 0.05) is 12.1 Å². The van der Waals surface area contributed by atoms with Gasteiger partial charge in [-0.2, -0.15) is 0 Å². The summed E-state index contributed by atoms with van der Waals surface area (Å²) in [6.45, 7) is 6.55. The van der Waals surface area contributed by atoms with Gasteiger partial charge in [-0.15, -0.1) is 0 Å². The van der Waals surface area contributed by atoms with E-state index in [0.717, 1.165) is 38.0 Å². The van der Waals surface area contributed by atoms with Gasteiger partial charge in [-0.05, 0) is 81.1 Å². The Morgan fingerprint density at radius 3 is 2.31 bits per heavy atom. The van der Waals surface area contributed by atoms with Crippen molar-refractivity contribution in [1.82, 2.24) is 9.80 Å². The molecule has 1 atom stereocenters. The van der Waals surface area contributed by atoms with Crippen molar-refractivity contribution < 1.29 is 18.7 Å². The van der Waals surface area contributed by atoms with Gasteiger partial charge in [0.25, 0.3) is 0 Å². The third-order valence-corrected chi connectivity index (χ3v) is 6.59. The van der Waals surface area contributed by atoms with Crippen LogP contribution in [0.25, 0.3) is 11.1 Å². The van der Waals surface area contributed by atoms with Crippen LogP contribution in [0.1, 0.15) is 32.3 Å². The molecule has 0 aliphatic carbocycles. The second kappa shape index (κ2) is 7.41. The van der Waals surface area contributed by atoms with E-state index in [9.17, 15) is 18.7 Å². The smallest absolute Gasteiger partial charge is 0.408 e. The summed E-state index contributed by atoms with van der Waals surface area (Å²) >= 11 is 0. The molecule has 3 fully saturated rings. The number of nitrogens with zero attached hydrogens (tertiary/aromatic N) is 2. The van der Waals surface area contributed by atoms with Crippen molar-refractivity contribution in [3.8, 4) is 11.1 Å². The van der Waals surface area contributed by atoms with Crippen molar-refractivity contribution in [2.75, 3.05) is 19.6 Å². The predicted molar refractivity (Wildman–Crippen MR) is 108 cm³/mol. The molecule has 2 aromatic carbocycles. The number of hydrogen-bond donors (Lipinski definition) is 1. The highest BCUT2D eigenvalue weighted by atomic mass is 19.1. The van der Waals surface area contributed by atoms with Gasteiger partial charge in [0.1, 0.15) is 11.6 Å². The molecule has 3 saturated heterocycles. The first kappa shape index (κ1) is 19.8. The zero-order valence-electron chi connectivity index (χ0n) is 16.7. The maximum Gasteiger partial charge on any atom is 0.408 e. The third kappa shape index (κ3) is 3.62. The van der Waals surface area contributed by atoms with E-state index in [1.165, 1.54) is 30.3 Å². The van der Waals surface area contributed by atoms with E-state index in [1.54, 1.807) is 17.0 Å². The third-order valence-electron chi connectivity index (χ3n) is 6.59. The Hall–Kier alpha value is -2.47. The van der Waals surface area contributed by atoms with E-state index in [2.05, 4.69) is 4.90 Å². The van der Waals surface area contributed by atoms with Crippen LogP contribution < -0.4 is 0 Å². The average Bonchev–Trinajstić information content (AvgIpc) is 2.69. The first-order chi connectivity index (χ1) is 13.8. The zero-order valence-corrected chi connectivity index (χ0v) is 16.7. The van der Waals surface area contributed by atoms with E-state index < -0.39 is 17.4 Å². The van der Waals surface area contributed by atoms with Gasteiger partial charge in [-0.3, -0.25) is 4.90 Å². The first-order valence-corrected chi connectivity index (χ1v) is 10.1. The van der Waals surface area contributed by atoms with Gasteiger partial charge < -0.3 is 10.0 Å². The highest BCUT2D eigenvalue weighted by Gasteiger charge is 2.45. The number of carbonyl (C=O) groups is 1. The van der Waals surface area contributed by atoms with Crippen molar-refractivity contribution in [1.29, 1.82) is 0 Å². The molecule has 154 valence electrons. The minimum atomic E-state index is -0.957. The minimum absolute atomic E-state index is 0.0793. The lowest BCUT2D eigenvalue weighted by atomic mass is 9.80. The second-order valence-electron chi connectivity index (χ2n) is 8.62. The van der Waals surface area contributed by atoms with Crippen molar-refractivity contribution in [3.63, 3.8) is 0 Å². The number of amides is 1. The molecule has 0 spiro atoms. The number of hydrogen-bond acceptors (Lipinski definition) is 2. The molecule has 0 aromatic heterocycles. The monoisotopic (exact) mass is 400 g/mol. The molecule has 2 aromatic rings. The van der Waals surface area contributed by atoms with E-state index in [1.807, 2.05) is 13.8 Å². The Kier molecular flexibility index (Phi) is 5.07. The Morgan fingerprint density at radius 1 is 1.10 bits per heavy atom. The number of benzene rings is 2. The van der Waals surface area contributed by atoms with Crippen LogP contribution >= 0.6 is 0 Å². The molecular weight excluding hydrogens is 374 g/mol. The summed E-state index contributed by atoms with van der Waals surface area (Å²) in [5, 5.41) is 10.1. The summed E-state index contributed by atoms with van der Waals surface area (Å²) in [5.74, 6) is -0.446. The number of carboxylic acid groups (broad SMARTS) is 1. The van der Waals surface area contributed by atoms with Crippen molar-refractivity contribution in [2.24, 2.45) is 5.92 Å². The van der Waals surface area contributed by atoms with Crippen LogP contribution in [0.4, 0.5) is 13.6 Å². The fourth-order valence-electron chi connectivity index (χ4n) is 4.92. The largest absolute Gasteiger partial charge is 0.465 e.